The van der Waals surface area contributed by atoms with Gasteiger partial charge in [0.1, 0.15) is 5.75 Å². The number of ether oxygens (including phenoxy) is 1. The Hall–Kier alpha value is -1.06. The van der Waals surface area contributed by atoms with Gasteiger partial charge in [0, 0.05) is 25.2 Å². The van der Waals surface area contributed by atoms with Gasteiger partial charge in [-0.15, -0.1) is 0 Å². The average molecular weight is 302 g/mol. The van der Waals surface area contributed by atoms with Crippen molar-refractivity contribution in [3.63, 3.8) is 0 Å². The molecule has 0 bridgehead atoms. The topological polar surface area (TPSA) is 38.5 Å². The highest BCUT2D eigenvalue weighted by Crippen LogP contribution is 2.32. The number of hydrogen-bond donors (Lipinski definition) is 1. The summed E-state index contributed by atoms with van der Waals surface area (Å²) in [5, 5.41) is 0. The summed E-state index contributed by atoms with van der Waals surface area (Å²) < 4.78 is 5.55. The van der Waals surface area contributed by atoms with Crippen LogP contribution < -0.4 is 10.5 Å². The van der Waals surface area contributed by atoms with Crippen molar-refractivity contribution >= 4 is 0 Å². The largest absolute Gasteiger partial charge is 0.494 e. The number of nitrogens with two attached hydrogens (primary N) is 1. The third-order valence-corrected chi connectivity index (χ3v) is 5.26. The van der Waals surface area contributed by atoms with Gasteiger partial charge in [-0.1, -0.05) is 31.4 Å². The Kier molecular flexibility index (Phi) is 5.37. The Morgan fingerprint density at radius 1 is 1.09 bits per heavy atom. The van der Waals surface area contributed by atoms with Gasteiger partial charge >= 0.3 is 0 Å². The van der Waals surface area contributed by atoms with Gasteiger partial charge in [0.25, 0.3) is 0 Å². The van der Waals surface area contributed by atoms with E-state index in [2.05, 4.69) is 29.2 Å². The molecule has 3 rings (SSSR count). The lowest BCUT2D eigenvalue weighted by Gasteiger charge is -2.42. The van der Waals surface area contributed by atoms with E-state index in [9.17, 15) is 0 Å². The third kappa shape index (κ3) is 3.82. The summed E-state index contributed by atoms with van der Waals surface area (Å²) in [4.78, 5) is 2.68. The molecule has 2 atom stereocenters. The van der Waals surface area contributed by atoms with Gasteiger partial charge in [0.15, 0.2) is 0 Å². The molecule has 3 nitrogen and oxygen atoms in total. The van der Waals surface area contributed by atoms with E-state index in [1.165, 1.54) is 44.2 Å². The SMILES string of the molecule is CCOc1ccc(C2CC(N)CN(C3CCCCC3)C2)cc1. The van der Waals surface area contributed by atoms with Gasteiger partial charge in [-0.25, -0.2) is 0 Å². The molecule has 2 unspecified atom stereocenters. The summed E-state index contributed by atoms with van der Waals surface area (Å²) in [6.07, 6.45) is 8.04. The molecular weight excluding hydrogens is 272 g/mol. The van der Waals surface area contributed by atoms with Gasteiger partial charge in [-0.3, -0.25) is 4.90 Å². The highest BCUT2D eigenvalue weighted by molar-refractivity contribution is 5.30. The number of nitrogens with zero attached hydrogens (tertiary/aromatic N) is 1. The first kappa shape index (κ1) is 15.8. The van der Waals surface area contributed by atoms with Crippen LogP contribution in [0.3, 0.4) is 0 Å². The maximum Gasteiger partial charge on any atom is 0.119 e. The lowest BCUT2D eigenvalue weighted by Crippen LogP contribution is -2.50. The van der Waals surface area contributed by atoms with Gasteiger partial charge in [-0.05, 0) is 49.8 Å². The van der Waals surface area contributed by atoms with Crippen LogP contribution in [0.25, 0.3) is 0 Å². The molecule has 3 heteroatoms. The Labute approximate surface area is 134 Å². The molecule has 1 saturated carbocycles. The van der Waals surface area contributed by atoms with Crippen molar-refractivity contribution in [3.05, 3.63) is 29.8 Å². The first-order chi connectivity index (χ1) is 10.8. The fraction of sp³-hybridized carbons (Fsp3) is 0.684. The zero-order valence-electron chi connectivity index (χ0n) is 13.8. The van der Waals surface area contributed by atoms with Crippen molar-refractivity contribution in [1.29, 1.82) is 0 Å². The number of hydrogen-bond acceptors (Lipinski definition) is 3. The highest BCUT2D eigenvalue weighted by Gasteiger charge is 2.31. The molecule has 2 aliphatic rings. The molecule has 0 spiro atoms. The van der Waals surface area contributed by atoms with Crippen LogP contribution in [0.4, 0.5) is 0 Å². The summed E-state index contributed by atoms with van der Waals surface area (Å²) >= 11 is 0. The molecule has 1 saturated heterocycles. The van der Waals surface area contributed by atoms with E-state index < -0.39 is 0 Å². The van der Waals surface area contributed by atoms with E-state index >= 15 is 0 Å². The lowest BCUT2D eigenvalue weighted by molar-refractivity contribution is 0.107. The zero-order valence-corrected chi connectivity index (χ0v) is 13.8. The second kappa shape index (κ2) is 7.47. The molecule has 0 amide bonds. The monoisotopic (exact) mass is 302 g/mol. The summed E-state index contributed by atoms with van der Waals surface area (Å²) in [5.41, 5.74) is 7.79. The highest BCUT2D eigenvalue weighted by atomic mass is 16.5. The van der Waals surface area contributed by atoms with E-state index in [-0.39, 0.29) is 0 Å². The van der Waals surface area contributed by atoms with Crippen LogP contribution in [0.15, 0.2) is 24.3 Å². The van der Waals surface area contributed by atoms with Crippen molar-refractivity contribution in [2.45, 2.75) is 63.5 Å². The predicted octanol–water partition coefficient (Wildman–Crippen LogP) is 3.53. The molecular formula is C19H30N2O. The molecule has 1 heterocycles. The number of likely N-dealkylation sites (tertiary alicyclic amines) is 1. The van der Waals surface area contributed by atoms with Crippen molar-refractivity contribution < 1.29 is 4.74 Å². The van der Waals surface area contributed by atoms with Gasteiger partial charge in [0.2, 0.25) is 0 Å². The molecule has 0 aromatic heterocycles. The van der Waals surface area contributed by atoms with E-state index in [1.54, 1.807) is 0 Å². The predicted molar refractivity (Wildman–Crippen MR) is 91.4 cm³/mol. The maximum atomic E-state index is 6.37. The summed E-state index contributed by atoms with van der Waals surface area (Å²) in [6, 6.07) is 9.74. The Morgan fingerprint density at radius 3 is 2.50 bits per heavy atom. The lowest BCUT2D eigenvalue weighted by atomic mass is 9.85. The number of rotatable bonds is 4. The van der Waals surface area contributed by atoms with Crippen molar-refractivity contribution in [2.24, 2.45) is 5.73 Å². The second-order valence-electron chi connectivity index (χ2n) is 6.94. The van der Waals surface area contributed by atoms with Crippen molar-refractivity contribution in [2.75, 3.05) is 19.7 Å². The molecule has 0 radical (unpaired) electrons. The van der Waals surface area contributed by atoms with E-state index in [0.717, 1.165) is 31.4 Å². The summed E-state index contributed by atoms with van der Waals surface area (Å²) in [7, 11) is 0. The van der Waals surface area contributed by atoms with E-state index in [0.29, 0.717) is 12.0 Å². The van der Waals surface area contributed by atoms with Gasteiger partial charge in [-0.2, -0.15) is 0 Å². The fourth-order valence-electron chi connectivity index (χ4n) is 4.16. The molecule has 2 N–H and O–H groups in total. The average Bonchev–Trinajstić information content (AvgIpc) is 2.56. The normalized spacial score (nSPS) is 27.7. The fourth-order valence-corrected chi connectivity index (χ4v) is 4.16. The Balaban J connectivity index is 1.67. The quantitative estimate of drug-likeness (QED) is 0.924. The van der Waals surface area contributed by atoms with E-state index in [1.807, 2.05) is 6.92 Å². The summed E-state index contributed by atoms with van der Waals surface area (Å²) in [5.74, 6) is 1.54. The molecule has 1 aromatic rings. The summed E-state index contributed by atoms with van der Waals surface area (Å²) in [6.45, 7) is 5.00. The molecule has 1 aliphatic heterocycles. The van der Waals surface area contributed by atoms with Crippen molar-refractivity contribution in [1.82, 2.24) is 4.90 Å². The first-order valence-electron chi connectivity index (χ1n) is 8.98. The zero-order chi connectivity index (χ0) is 15.4. The molecule has 1 aromatic carbocycles. The molecule has 2 fully saturated rings. The Bertz CT molecular complexity index is 453. The minimum absolute atomic E-state index is 0.312. The third-order valence-electron chi connectivity index (χ3n) is 5.26. The maximum absolute atomic E-state index is 6.37. The van der Waals surface area contributed by atoms with Crippen LogP contribution in [0.2, 0.25) is 0 Å². The van der Waals surface area contributed by atoms with E-state index in [4.69, 9.17) is 10.5 Å². The molecule has 1 aliphatic carbocycles. The minimum atomic E-state index is 0.312. The molecule has 22 heavy (non-hydrogen) atoms. The van der Waals surface area contributed by atoms with Crippen LogP contribution in [-0.4, -0.2) is 36.7 Å². The van der Waals surface area contributed by atoms with Crippen LogP contribution in [-0.2, 0) is 0 Å². The standard InChI is InChI=1S/C19H30N2O/c1-2-22-19-10-8-15(9-11-19)16-12-17(20)14-21(13-16)18-6-4-3-5-7-18/h8-11,16-18H,2-7,12-14,20H2,1H3. The van der Waals surface area contributed by atoms with Gasteiger partial charge < -0.3 is 10.5 Å². The van der Waals surface area contributed by atoms with Crippen LogP contribution in [0.1, 0.15) is 56.9 Å². The van der Waals surface area contributed by atoms with Crippen LogP contribution in [0, 0.1) is 0 Å². The van der Waals surface area contributed by atoms with Crippen LogP contribution >= 0.6 is 0 Å². The van der Waals surface area contributed by atoms with Gasteiger partial charge in [0.05, 0.1) is 6.61 Å². The smallest absolute Gasteiger partial charge is 0.119 e. The minimum Gasteiger partial charge on any atom is -0.494 e. The second-order valence-corrected chi connectivity index (χ2v) is 6.94. The molecule has 122 valence electrons. The number of benzene rings is 1. The van der Waals surface area contributed by atoms with Crippen LogP contribution in [0.5, 0.6) is 5.75 Å². The van der Waals surface area contributed by atoms with Crippen molar-refractivity contribution in [3.8, 4) is 5.75 Å². The first-order valence-corrected chi connectivity index (χ1v) is 8.98. The number of piperidine rings is 1. The Morgan fingerprint density at radius 2 is 1.82 bits per heavy atom.